The summed E-state index contributed by atoms with van der Waals surface area (Å²) in [7, 11) is 1.48. The molecule has 1 rings (SSSR count). The maximum atomic E-state index is 12.0. The minimum Gasteiger partial charge on any atom is -0.341 e. The number of carbonyl (C=O) groups excluding carboxylic acids is 2. The molecule has 0 bridgehead atoms. The van der Waals surface area contributed by atoms with Gasteiger partial charge in [-0.1, -0.05) is 52.0 Å². The summed E-state index contributed by atoms with van der Waals surface area (Å²) < 4.78 is 0. The lowest BCUT2D eigenvalue weighted by atomic mass is 9.93. The first kappa shape index (κ1) is 20.2. The normalized spacial score (nSPS) is 13.7. The smallest absolute Gasteiger partial charge is 0.321 e. The number of carbonyl (C=O) groups is 2. The number of rotatable bonds is 7. The van der Waals surface area contributed by atoms with Gasteiger partial charge in [-0.15, -0.1) is 0 Å². The number of hydrogen-bond acceptors (Lipinski definition) is 3. The molecule has 0 heterocycles. The molecular weight excluding hydrogens is 302 g/mol. The van der Waals surface area contributed by atoms with Crippen LogP contribution in [0.5, 0.6) is 0 Å². The average Bonchev–Trinajstić information content (AvgIpc) is 2.52. The number of urea groups is 1. The Kier molecular flexibility index (Phi) is 7.92. The van der Waals surface area contributed by atoms with E-state index in [1.807, 2.05) is 0 Å². The number of benzene rings is 1. The van der Waals surface area contributed by atoms with Gasteiger partial charge in [0.2, 0.25) is 5.91 Å². The van der Waals surface area contributed by atoms with Gasteiger partial charge in [0.1, 0.15) is 0 Å². The van der Waals surface area contributed by atoms with Crippen LogP contribution < -0.4 is 16.0 Å². The van der Waals surface area contributed by atoms with E-state index in [1.165, 1.54) is 12.6 Å². The first-order valence-corrected chi connectivity index (χ1v) is 8.62. The van der Waals surface area contributed by atoms with Gasteiger partial charge < -0.3 is 5.32 Å². The van der Waals surface area contributed by atoms with E-state index >= 15 is 0 Å². The molecule has 24 heavy (non-hydrogen) atoms. The molecule has 0 saturated heterocycles. The highest BCUT2D eigenvalue weighted by atomic mass is 16.2. The van der Waals surface area contributed by atoms with Gasteiger partial charge in [0, 0.05) is 13.1 Å². The van der Waals surface area contributed by atoms with E-state index in [0.717, 1.165) is 12.0 Å². The topological polar surface area (TPSA) is 70.2 Å². The number of imide groups is 1. The lowest BCUT2D eigenvalue weighted by Gasteiger charge is -2.26. The predicted molar refractivity (Wildman–Crippen MR) is 97.8 cm³/mol. The monoisotopic (exact) mass is 333 g/mol. The quantitative estimate of drug-likeness (QED) is 0.718. The van der Waals surface area contributed by atoms with E-state index in [-0.39, 0.29) is 11.9 Å². The molecule has 1 aromatic rings. The Labute approximate surface area is 145 Å². The van der Waals surface area contributed by atoms with Gasteiger partial charge in [0.25, 0.3) is 0 Å². The molecule has 0 saturated carbocycles. The Hall–Kier alpha value is -1.88. The Balaban J connectivity index is 2.79. The molecule has 0 aliphatic carbocycles. The fourth-order valence-corrected chi connectivity index (χ4v) is 2.63. The van der Waals surface area contributed by atoms with Crippen molar-refractivity contribution in [1.82, 2.24) is 16.0 Å². The molecule has 0 aromatic heterocycles. The Morgan fingerprint density at radius 2 is 1.58 bits per heavy atom. The van der Waals surface area contributed by atoms with Crippen LogP contribution in [0.3, 0.4) is 0 Å². The van der Waals surface area contributed by atoms with E-state index in [2.05, 4.69) is 67.9 Å². The van der Waals surface area contributed by atoms with Gasteiger partial charge in [-0.05, 0) is 36.3 Å². The molecule has 5 nitrogen and oxygen atoms in total. The van der Waals surface area contributed by atoms with Crippen molar-refractivity contribution in [2.45, 2.75) is 53.1 Å². The van der Waals surface area contributed by atoms with Crippen LogP contribution in [0, 0.1) is 11.8 Å². The molecule has 2 atom stereocenters. The van der Waals surface area contributed by atoms with Crippen molar-refractivity contribution in [3.05, 3.63) is 35.4 Å². The fourth-order valence-electron chi connectivity index (χ4n) is 2.63. The van der Waals surface area contributed by atoms with Crippen molar-refractivity contribution < 1.29 is 9.59 Å². The lowest BCUT2D eigenvalue weighted by molar-refractivity contribution is -0.121. The molecule has 1 aromatic carbocycles. The highest BCUT2D eigenvalue weighted by molar-refractivity contribution is 5.96. The van der Waals surface area contributed by atoms with Gasteiger partial charge in [-0.25, -0.2) is 4.79 Å². The van der Waals surface area contributed by atoms with Crippen molar-refractivity contribution in [2.75, 3.05) is 7.05 Å². The second-order valence-corrected chi connectivity index (χ2v) is 7.02. The zero-order chi connectivity index (χ0) is 18.3. The van der Waals surface area contributed by atoms with E-state index in [9.17, 15) is 9.59 Å². The molecule has 0 unspecified atom stereocenters. The van der Waals surface area contributed by atoms with Crippen LogP contribution in [0.1, 0.15) is 51.8 Å². The lowest BCUT2D eigenvalue weighted by Crippen LogP contribution is -2.48. The minimum atomic E-state index is -0.493. The zero-order valence-electron chi connectivity index (χ0n) is 15.6. The third-order valence-corrected chi connectivity index (χ3v) is 3.94. The van der Waals surface area contributed by atoms with Gasteiger partial charge in [-0.2, -0.15) is 0 Å². The molecule has 134 valence electrons. The third-order valence-electron chi connectivity index (χ3n) is 3.94. The summed E-state index contributed by atoms with van der Waals surface area (Å²) in [4.78, 5) is 23.3. The standard InChI is InChI=1S/C19H31N3O2/c1-12(2)11-15-7-9-16(10-8-15)17(13(3)4)21-14(5)18(23)22-19(24)20-6/h7-10,12-14,17,21H,11H2,1-6H3,(H2,20,22,23,24)/t14-,17-/m1/s1. The molecule has 3 amide bonds. The fraction of sp³-hybridized carbons (Fsp3) is 0.579. The number of nitrogens with one attached hydrogen (secondary N) is 3. The van der Waals surface area contributed by atoms with E-state index in [1.54, 1.807) is 6.92 Å². The summed E-state index contributed by atoms with van der Waals surface area (Å²) in [6.07, 6.45) is 1.06. The van der Waals surface area contributed by atoms with Crippen LogP contribution in [-0.2, 0) is 11.2 Å². The number of amides is 3. The first-order chi connectivity index (χ1) is 11.2. The average molecular weight is 333 g/mol. The van der Waals surface area contributed by atoms with Gasteiger partial charge in [0.05, 0.1) is 6.04 Å². The minimum absolute atomic E-state index is 0.0449. The summed E-state index contributed by atoms with van der Waals surface area (Å²) in [6.45, 7) is 10.4. The number of hydrogen-bond donors (Lipinski definition) is 3. The SMILES string of the molecule is CNC(=O)NC(=O)[C@@H](C)N[C@@H](c1ccc(CC(C)C)cc1)C(C)C. The van der Waals surface area contributed by atoms with E-state index < -0.39 is 12.1 Å². The second kappa shape index (κ2) is 9.42. The van der Waals surface area contributed by atoms with E-state index in [0.29, 0.717) is 11.8 Å². The van der Waals surface area contributed by atoms with Gasteiger partial charge in [-0.3, -0.25) is 15.4 Å². The largest absolute Gasteiger partial charge is 0.341 e. The van der Waals surface area contributed by atoms with Crippen LogP contribution >= 0.6 is 0 Å². The van der Waals surface area contributed by atoms with E-state index in [4.69, 9.17) is 0 Å². The molecular formula is C19H31N3O2. The summed E-state index contributed by atoms with van der Waals surface area (Å²) in [6, 6.07) is 7.64. The first-order valence-electron chi connectivity index (χ1n) is 8.62. The molecule has 3 N–H and O–H groups in total. The van der Waals surface area contributed by atoms with Crippen molar-refractivity contribution >= 4 is 11.9 Å². The second-order valence-electron chi connectivity index (χ2n) is 7.02. The van der Waals surface area contributed by atoms with Gasteiger partial charge >= 0.3 is 6.03 Å². The van der Waals surface area contributed by atoms with Gasteiger partial charge in [0.15, 0.2) is 0 Å². The van der Waals surface area contributed by atoms with Crippen LogP contribution in [0.4, 0.5) is 4.79 Å². The maximum Gasteiger partial charge on any atom is 0.321 e. The van der Waals surface area contributed by atoms with Crippen LogP contribution in [0.2, 0.25) is 0 Å². The summed E-state index contributed by atoms with van der Waals surface area (Å²) in [5.41, 5.74) is 2.47. The highest BCUT2D eigenvalue weighted by Gasteiger charge is 2.22. The molecule has 0 radical (unpaired) electrons. The molecule has 0 aliphatic heterocycles. The van der Waals surface area contributed by atoms with Crippen LogP contribution in [0.25, 0.3) is 0 Å². The third kappa shape index (κ3) is 6.32. The van der Waals surface area contributed by atoms with Crippen molar-refractivity contribution in [1.29, 1.82) is 0 Å². The Morgan fingerprint density at radius 1 is 1.00 bits per heavy atom. The Morgan fingerprint density at radius 3 is 2.04 bits per heavy atom. The van der Waals surface area contributed by atoms with Crippen LogP contribution in [0.15, 0.2) is 24.3 Å². The summed E-state index contributed by atoms with van der Waals surface area (Å²) in [5, 5.41) is 8.02. The summed E-state index contributed by atoms with van der Waals surface area (Å²) in [5.74, 6) is 0.607. The van der Waals surface area contributed by atoms with Crippen LogP contribution in [-0.4, -0.2) is 25.0 Å². The highest BCUT2D eigenvalue weighted by Crippen LogP contribution is 2.23. The van der Waals surface area contributed by atoms with Crippen molar-refractivity contribution in [3.8, 4) is 0 Å². The Bertz CT molecular complexity index is 538. The van der Waals surface area contributed by atoms with Crippen molar-refractivity contribution in [2.24, 2.45) is 11.8 Å². The molecule has 5 heteroatoms. The maximum absolute atomic E-state index is 12.0. The summed E-state index contributed by atoms with van der Waals surface area (Å²) >= 11 is 0. The molecule has 0 aliphatic rings. The molecule has 0 fully saturated rings. The molecule has 0 spiro atoms. The van der Waals surface area contributed by atoms with Crippen molar-refractivity contribution in [3.63, 3.8) is 0 Å². The predicted octanol–water partition coefficient (Wildman–Crippen LogP) is 3.02. The zero-order valence-corrected chi connectivity index (χ0v) is 15.6.